The molecule has 1 heterocycles. The van der Waals surface area contributed by atoms with Crippen LogP contribution in [0.5, 0.6) is 5.75 Å². The van der Waals surface area contributed by atoms with Gasteiger partial charge in [-0.3, -0.25) is 4.99 Å². The number of hydrogen-bond donors (Lipinski definition) is 0. The van der Waals surface area contributed by atoms with Crippen LogP contribution in [0.4, 0.5) is 11.4 Å². The van der Waals surface area contributed by atoms with E-state index in [4.69, 9.17) is 4.74 Å². The maximum Gasteiger partial charge on any atom is 0.144 e. The van der Waals surface area contributed by atoms with E-state index >= 15 is 0 Å². The average molecular weight is 351 g/mol. The molecule has 0 radical (unpaired) electrons. The highest BCUT2D eigenvalue weighted by molar-refractivity contribution is 5.84. The second-order valence-electron chi connectivity index (χ2n) is 8.13. The summed E-state index contributed by atoms with van der Waals surface area (Å²) in [5.74, 6) is 1.33. The van der Waals surface area contributed by atoms with E-state index in [9.17, 15) is 0 Å². The number of benzene rings is 2. The normalized spacial score (nSPS) is 19.0. The average Bonchev–Trinajstić information content (AvgIpc) is 2.59. The fraction of sp³-hybridized carbons (Fsp3) is 0.435. The van der Waals surface area contributed by atoms with Gasteiger partial charge in [-0.25, -0.2) is 0 Å². The van der Waals surface area contributed by atoms with Crippen LogP contribution in [0.2, 0.25) is 0 Å². The van der Waals surface area contributed by atoms with Crippen molar-refractivity contribution in [2.24, 2.45) is 4.99 Å². The molecule has 0 saturated heterocycles. The smallest absolute Gasteiger partial charge is 0.144 e. The summed E-state index contributed by atoms with van der Waals surface area (Å²) in [4.78, 5) is 7.20. The van der Waals surface area contributed by atoms with Gasteiger partial charge in [-0.15, -0.1) is 0 Å². The molecule has 2 aromatic rings. The number of hydrogen-bond acceptors (Lipinski definition) is 3. The standard InChI is InChI=1S/C23H30N2O/c1-16(2)25-21-12-11-18(13-19(21)17(3)14-23(25,4)5)15-24-20-9-7-8-10-22(20)26-6/h7-13,15-17H,14H2,1-6H3/t17-/m1/s1. The molecule has 0 unspecified atom stereocenters. The number of para-hydroxylation sites is 2. The molecule has 1 aliphatic heterocycles. The van der Waals surface area contributed by atoms with Crippen molar-refractivity contribution in [2.45, 2.75) is 58.5 Å². The van der Waals surface area contributed by atoms with Crippen LogP contribution >= 0.6 is 0 Å². The fourth-order valence-electron chi connectivity index (χ4n) is 4.41. The SMILES string of the molecule is COc1ccccc1N=Cc1ccc2c(c1)[C@H](C)CC(C)(C)N2C(C)C. The maximum atomic E-state index is 5.38. The predicted molar refractivity (Wildman–Crippen MR) is 111 cm³/mol. The third-order valence-corrected chi connectivity index (χ3v) is 5.25. The van der Waals surface area contributed by atoms with E-state index in [1.807, 2.05) is 30.5 Å². The van der Waals surface area contributed by atoms with Gasteiger partial charge in [0.1, 0.15) is 11.4 Å². The minimum atomic E-state index is 0.174. The molecule has 0 aromatic heterocycles. The lowest BCUT2D eigenvalue weighted by Crippen LogP contribution is -2.51. The quantitative estimate of drug-likeness (QED) is 0.637. The summed E-state index contributed by atoms with van der Waals surface area (Å²) < 4.78 is 5.38. The third kappa shape index (κ3) is 3.48. The molecule has 0 aliphatic carbocycles. The van der Waals surface area contributed by atoms with Crippen molar-refractivity contribution in [2.75, 3.05) is 12.0 Å². The summed E-state index contributed by atoms with van der Waals surface area (Å²) in [6.07, 6.45) is 3.09. The molecule has 1 atom stereocenters. The Morgan fingerprint density at radius 1 is 1.19 bits per heavy atom. The molecular formula is C23H30N2O. The zero-order valence-electron chi connectivity index (χ0n) is 16.8. The Morgan fingerprint density at radius 3 is 2.62 bits per heavy atom. The summed E-state index contributed by atoms with van der Waals surface area (Å²) in [6, 6.07) is 15.0. The molecule has 3 heteroatoms. The zero-order valence-corrected chi connectivity index (χ0v) is 16.8. The topological polar surface area (TPSA) is 24.8 Å². The van der Waals surface area contributed by atoms with Crippen molar-refractivity contribution in [3.63, 3.8) is 0 Å². The predicted octanol–water partition coefficient (Wildman–Crippen LogP) is 5.95. The van der Waals surface area contributed by atoms with Crippen molar-refractivity contribution >= 4 is 17.6 Å². The van der Waals surface area contributed by atoms with Crippen LogP contribution in [0.1, 0.15) is 58.1 Å². The van der Waals surface area contributed by atoms with Crippen LogP contribution in [0.15, 0.2) is 47.5 Å². The number of ether oxygens (including phenoxy) is 1. The van der Waals surface area contributed by atoms with Gasteiger partial charge in [0.2, 0.25) is 0 Å². The van der Waals surface area contributed by atoms with Crippen LogP contribution in [-0.2, 0) is 0 Å². The highest BCUT2D eigenvalue weighted by Gasteiger charge is 2.37. The van der Waals surface area contributed by atoms with Crippen LogP contribution < -0.4 is 9.64 Å². The molecule has 0 bridgehead atoms. The van der Waals surface area contributed by atoms with Gasteiger partial charge in [-0.2, -0.15) is 0 Å². The minimum absolute atomic E-state index is 0.174. The van der Waals surface area contributed by atoms with Crippen molar-refractivity contribution in [3.8, 4) is 5.75 Å². The number of methoxy groups -OCH3 is 1. The van der Waals surface area contributed by atoms with Crippen molar-refractivity contribution in [3.05, 3.63) is 53.6 Å². The van der Waals surface area contributed by atoms with E-state index in [2.05, 4.69) is 62.7 Å². The van der Waals surface area contributed by atoms with E-state index in [1.165, 1.54) is 11.3 Å². The van der Waals surface area contributed by atoms with Crippen molar-refractivity contribution in [1.29, 1.82) is 0 Å². The Morgan fingerprint density at radius 2 is 1.92 bits per heavy atom. The summed E-state index contributed by atoms with van der Waals surface area (Å²) in [7, 11) is 1.68. The molecule has 3 rings (SSSR count). The third-order valence-electron chi connectivity index (χ3n) is 5.25. The Balaban J connectivity index is 1.96. The molecule has 0 saturated carbocycles. The number of nitrogens with zero attached hydrogens (tertiary/aromatic N) is 2. The van der Waals surface area contributed by atoms with Crippen LogP contribution in [0.25, 0.3) is 0 Å². The number of rotatable bonds is 4. The number of aliphatic imine (C=N–C) groups is 1. The van der Waals surface area contributed by atoms with Gasteiger partial charge in [-0.05, 0) is 75.4 Å². The summed E-state index contributed by atoms with van der Waals surface area (Å²) in [5, 5.41) is 0. The second-order valence-corrected chi connectivity index (χ2v) is 8.13. The first-order chi connectivity index (χ1) is 12.3. The molecule has 1 aliphatic rings. The molecular weight excluding hydrogens is 320 g/mol. The molecule has 138 valence electrons. The number of anilines is 1. The fourth-order valence-corrected chi connectivity index (χ4v) is 4.41. The monoisotopic (exact) mass is 350 g/mol. The molecule has 26 heavy (non-hydrogen) atoms. The van der Waals surface area contributed by atoms with Crippen LogP contribution in [0.3, 0.4) is 0 Å². The molecule has 2 aromatic carbocycles. The van der Waals surface area contributed by atoms with Crippen molar-refractivity contribution in [1.82, 2.24) is 0 Å². The first kappa shape index (κ1) is 18.5. The lowest BCUT2D eigenvalue weighted by Gasteiger charge is -2.50. The first-order valence-corrected chi connectivity index (χ1v) is 9.44. The zero-order chi connectivity index (χ0) is 18.9. The Hall–Kier alpha value is -2.29. The van der Waals surface area contributed by atoms with Gasteiger partial charge in [0.25, 0.3) is 0 Å². The van der Waals surface area contributed by atoms with Gasteiger partial charge in [-0.1, -0.05) is 25.1 Å². The summed E-state index contributed by atoms with van der Waals surface area (Å²) in [5.41, 5.74) is 4.93. The van der Waals surface area contributed by atoms with Crippen molar-refractivity contribution < 1.29 is 4.74 Å². The number of fused-ring (bicyclic) bond motifs is 1. The second kappa shape index (κ2) is 7.14. The molecule has 0 amide bonds. The highest BCUT2D eigenvalue weighted by atomic mass is 16.5. The van der Waals surface area contributed by atoms with Gasteiger partial charge in [0.15, 0.2) is 0 Å². The van der Waals surface area contributed by atoms with Gasteiger partial charge < -0.3 is 9.64 Å². The maximum absolute atomic E-state index is 5.38. The van der Waals surface area contributed by atoms with E-state index in [0.717, 1.165) is 23.4 Å². The van der Waals surface area contributed by atoms with Gasteiger partial charge >= 0.3 is 0 Å². The van der Waals surface area contributed by atoms with Gasteiger partial charge in [0.05, 0.1) is 7.11 Å². The van der Waals surface area contributed by atoms with E-state index in [0.29, 0.717) is 12.0 Å². The molecule has 3 nitrogen and oxygen atoms in total. The van der Waals surface area contributed by atoms with Crippen LogP contribution in [-0.4, -0.2) is 24.9 Å². The summed E-state index contributed by atoms with van der Waals surface area (Å²) >= 11 is 0. The molecule has 0 fully saturated rings. The molecule has 0 N–H and O–H groups in total. The Bertz CT molecular complexity index is 808. The summed E-state index contributed by atoms with van der Waals surface area (Å²) in [6.45, 7) is 11.6. The highest BCUT2D eigenvalue weighted by Crippen LogP contribution is 2.44. The Kier molecular flexibility index (Phi) is 5.08. The van der Waals surface area contributed by atoms with Gasteiger partial charge in [0, 0.05) is 23.5 Å². The van der Waals surface area contributed by atoms with E-state index < -0.39 is 0 Å². The Labute approximate surface area is 157 Å². The first-order valence-electron chi connectivity index (χ1n) is 9.44. The van der Waals surface area contributed by atoms with Crippen LogP contribution in [0, 0.1) is 0 Å². The lowest BCUT2D eigenvalue weighted by molar-refractivity contribution is 0.356. The minimum Gasteiger partial charge on any atom is -0.494 e. The largest absolute Gasteiger partial charge is 0.494 e. The van der Waals surface area contributed by atoms with E-state index in [-0.39, 0.29) is 5.54 Å². The molecule has 0 spiro atoms. The van der Waals surface area contributed by atoms with E-state index in [1.54, 1.807) is 7.11 Å². The lowest BCUT2D eigenvalue weighted by atomic mass is 9.79.